The molecule has 0 rings (SSSR count). The second-order valence-corrected chi connectivity index (χ2v) is 3.59. The highest BCUT2D eigenvalue weighted by atomic mass is 16.5. The largest absolute Gasteiger partial charge is 0.469 e. The van der Waals surface area contributed by atoms with Crippen molar-refractivity contribution in [2.24, 2.45) is 5.92 Å². The van der Waals surface area contributed by atoms with Crippen LogP contribution in [0.5, 0.6) is 0 Å². The first kappa shape index (κ1) is 12.9. The van der Waals surface area contributed by atoms with Gasteiger partial charge in [0.25, 0.3) is 0 Å². The van der Waals surface area contributed by atoms with E-state index in [-0.39, 0.29) is 17.8 Å². The van der Waals surface area contributed by atoms with E-state index in [1.165, 1.54) is 7.11 Å². The van der Waals surface area contributed by atoms with Crippen molar-refractivity contribution in [2.75, 3.05) is 20.7 Å². The Kier molecular flexibility index (Phi) is 5.92. The van der Waals surface area contributed by atoms with E-state index in [4.69, 9.17) is 0 Å². The summed E-state index contributed by atoms with van der Waals surface area (Å²) in [6.45, 7) is 4.32. The lowest BCUT2D eigenvalue weighted by Gasteiger charge is -2.18. The van der Waals surface area contributed by atoms with Gasteiger partial charge in [-0.2, -0.15) is 0 Å². The van der Waals surface area contributed by atoms with Crippen LogP contribution in [0.4, 0.5) is 0 Å². The molecule has 0 radical (unpaired) electrons. The third kappa shape index (κ3) is 4.84. The molecule has 82 valence electrons. The normalized spacial score (nSPS) is 10.1. The Morgan fingerprint density at radius 2 is 1.93 bits per heavy atom. The summed E-state index contributed by atoms with van der Waals surface area (Å²) in [5.74, 6) is -0.108. The van der Waals surface area contributed by atoms with Gasteiger partial charge in [0.15, 0.2) is 0 Å². The van der Waals surface area contributed by atoms with E-state index in [1.54, 1.807) is 11.9 Å². The summed E-state index contributed by atoms with van der Waals surface area (Å²) in [7, 11) is 3.12. The maximum Gasteiger partial charge on any atom is 0.305 e. The lowest BCUT2D eigenvalue weighted by atomic mass is 10.2. The SMILES string of the molecule is COC(=O)CCCN(C)C(=O)C(C)C. The number of hydrogen-bond donors (Lipinski definition) is 0. The summed E-state index contributed by atoms with van der Waals surface area (Å²) >= 11 is 0. The van der Waals surface area contributed by atoms with E-state index >= 15 is 0 Å². The van der Waals surface area contributed by atoms with Crippen LogP contribution in [0, 0.1) is 5.92 Å². The molecule has 0 saturated heterocycles. The van der Waals surface area contributed by atoms with Gasteiger partial charge in [-0.1, -0.05) is 13.8 Å². The molecule has 0 unspecified atom stereocenters. The Morgan fingerprint density at radius 3 is 2.36 bits per heavy atom. The summed E-state index contributed by atoms with van der Waals surface area (Å²) in [5.41, 5.74) is 0. The molecule has 0 aliphatic carbocycles. The van der Waals surface area contributed by atoms with Crippen LogP contribution in [0.25, 0.3) is 0 Å². The molecule has 1 amide bonds. The number of esters is 1. The molecule has 14 heavy (non-hydrogen) atoms. The molecule has 0 aromatic rings. The fourth-order valence-electron chi connectivity index (χ4n) is 1.11. The molecule has 0 aromatic carbocycles. The zero-order valence-corrected chi connectivity index (χ0v) is 9.37. The van der Waals surface area contributed by atoms with Crippen molar-refractivity contribution >= 4 is 11.9 Å². The van der Waals surface area contributed by atoms with Gasteiger partial charge in [0.2, 0.25) is 5.91 Å². The van der Waals surface area contributed by atoms with Crippen LogP contribution in [0.15, 0.2) is 0 Å². The molecule has 0 bridgehead atoms. The Morgan fingerprint density at radius 1 is 1.36 bits per heavy atom. The minimum Gasteiger partial charge on any atom is -0.469 e. The maximum atomic E-state index is 11.4. The van der Waals surface area contributed by atoms with Crippen molar-refractivity contribution in [3.8, 4) is 0 Å². The molecule has 4 heteroatoms. The quantitative estimate of drug-likeness (QED) is 0.625. The topological polar surface area (TPSA) is 46.6 Å². The molecule has 0 aliphatic heterocycles. The minimum absolute atomic E-state index is 0.0122. The summed E-state index contributed by atoms with van der Waals surface area (Å²) < 4.78 is 4.50. The number of carbonyl (C=O) groups excluding carboxylic acids is 2. The molecule has 4 nitrogen and oxygen atoms in total. The van der Waals surface area contributed by atoms with E-state index in [0.29, 0.717) is 19.4 Å². The van der Waals surface area contributed by atoms with Gasteiger partial charge in [-0.05, 0) is 6.42 Å². The van der Waals surface area contributed by atoms with Crippen molar-refractivity contribution in [1.29, 1.82) is 0 Å². The zero-order valence-electron chi connectivity index (χ0n) is 9.37. The Balaban J connectivity index is 3.69. The number of carbonyl (C=O) groups is 2. The standard InChI is InChI=1S/C10H19NO3/c1-8(2)10(13)11(3)7-5-6-9(12)14-4/h8H,5-7H2,1-4H3. The smallest absolute Gasteiger partial charge is 0.305 e. The number of ether oxygens (including phenoxy) is 1. The van der Waals surface area contributed by atoms with Gasteiger partial charge in [0.1, 0.15) is 0 Å². The summed E-state index contributed by atoms with van der Waals surface area (Å²) in [6.07, 6.45) is 1.02. The molecular weight excluding hydrogens is 182 g/mol. The Hall–Kier alpha value is -1.06. The number of rotatable bonds is 5. The van der Waals surface area contributed by atoms with Gasteiger partial charge in [-0.15, -0.1) is 0 Å². The average Bonchev–Trinajstić information content (AvgIpc) is 2.15. The number of amides is 1. The van der Waals surface area contributed by atoms with Crippen molar-refractivity contribution in [3.05, 3.63) is 0 Å². The maximum absolute atomic E-state index is 11.4. The summed E-state index contributed by atoms with van der Waals surface area (Å²) in [6, 6.07) is 0. The molecular formula is C10H19NO3. The van der Waals surface area contributed by atoms with E-state index in [9.17, 15) is 9.59 Å². The molecule has 0 aliphatic rings. The average molecular weight is 201 g/mol. The lowest BCUT2D eigenvalue weighted by molar-refractivity contribution is -0.141. The molecule has 0 atom stereocenters. The van der Waals surface area contributed by atoms with Crippen molar-refractivity contribution in [1.82, 2.24) is 4.90 Å². The Labute approximate surface area is 85.2 Å². The summed E-state index contributed by atoms with van der Waals surface area (Å²) in [5, 5.41) is 0. The molecule has 0 N–H and O–H groups in total. The molecule has 0 spiro atoms. The third-order valence-electron chi connectivity index (χ3n) is 1.97. The van der Waals surface area contributed by atoms with Gasteiger partial charge in [-0.25, -0.2) is 0 Å². The van der Waals surface area contributed by atoms with Gasteiger partial charge < -0.3 is 9.64 Å². The predicted molar refractivity (Wildman–Crippen MR) is 53.7 cm³/mol. The first-order valence-electron chi connectivity index (χ1n) is 4.80. The zero-order chi connectivity index (χ0) is 11.1. The second kappa shape index (κ2) is 6.40. The molecule has 0 fully saturated rings. The number of methoxy groups -OCH3 is 1. The highest BCUT2D eigenvalue weighted by Crippen LogP contribution is 2.01. The van der Waals surface area contributed by atoms with Crippen LogP contribution >= 0.6 is 0 Å². The van der Waals surface area contributed by atoms with Crippen LogP contribution in [0.2, 0.25) is 0 Å². The van der Waals surface area contributed by atoms with Crippen LogP contribution in [-0.4, -0.2) is 37.5 Å². The van der Waals surface area contributed by atoms with Crippen LogP contribution < -0.4 is 0 Å². The van der Waals surface area contributed by atoms with Crippen LogP contribution in [0.3, 0.4) is 0 Å². The fourth-order valence-corrected chi connectivity index (χ4v) is 1.11. The first-order chi connectivity index (χ1) is 6.49. The monoisotopic (exact) mass is 201 g/mol. The molecule has 0 saturated carbocycles. The fraction of sp³-hybridized carbons (Fsp3) is 0.800. The van der Waals surface area contributed by atoms with Crippen molar-refractivity contribution in [2.45, 2.75) is 26.7 Å². The van der Waals surface area contributed by atoms with E-state index in [0.717, 1.165) is 0 Å². The highest BCUT2D eigenvalue weighted by molar-refractivity contribution is 5.77. The van der Waals surface area contributed by atoms with Gasteiger partial charge >= 0.3 is 5.97 Å². The van der Waals surface area contributed by atoms with E-state index in [2.05, 4.69) is 4.74 Å². The number of nitrogens with zero attached hydrogens (tertiary/aromatic N) is 1. The van der Waals surface area contributed by atoms with Crippen molar-refractivity contribution in [3.63, 3.8) is 0 Å². The predicted octanol–water partition coefficient (Wildman–Crippen LogP) is 1.05. The van der Waals surface area contributed by atoms with Gasteiger partial charge in [0.05, 0.1) is 7.11 Å². The minimum atomic E-state index is -0.226. The van der Waals surface area contributed by atoms with E-state index < -0.39 is 0 Å². The Bertz CT molecular complexity index is 202. The second-order valence-electron chi connectivity index (χ2n) is 3.59. The van der Waals surface area contributed by atoms with E-state index in [1.807, 2.05) is 13.8 Å². The first-order valence-corrected chi connectivity index (χ1v) is 4.80. The van der Waals surface area contributed by atoms with Gasteiger partial charge in [-0.3, -0.25) is 9.59 Å². The third-order valence-corrected chi connectivity index (χ3v) is 1.97. The molecule has 0 heterocycles. The van der Waals surface area contributed by atoms with Crippen LogP contribution in [0.1, 0.15) is 26.7 Å². The van der Waals surface area contributed by atoms with Crippen LogP contribution in [-0.2, 0) is 14.3 Å². The van der Waals surface area contributed by atoms with Gasteiger partial charge in [0, 0.05) is 25.9 Å². The lowest BCUT2D eigenvalue weighted by Crippen LogP contribution is -2.31. The molecule has 0 aromatic heterocycles. The highest BCUT2D eigenvalue weighted by Gasteiger charge is 2.12. The van der Waals surface area contributed by atoms with Crippen molar-refractivity contribution < 1.29 is 14.3 Å². The summed E-state index contributed by atoms with van der Waals surface area (Å²) in [4.78, 5) is 23.8. The number of hydrogen-bond acceptors (Lipinski definition) is 3.